The van der Waals surface area contributed by atoms with E-state index in [-0.39, 0.29) is 5.69 Å². The third-order valence-electron chi connectivity index (χ3n) is 3.57. The number of hydrogen-bond acceptors (Lipinski definition) is 5. The molecule has 0 bridgehead atoms. The number of aromatic carboxylic acids is 1. The molecule has 1 aromatic rings. The standard InChI is InChI=1S/C12H20N4O3/c1-15(9-12(19)4-2-3-5-12)6-7-16-8-10(11(17)18)13-14-16/h8,19H,2-7,9H2,1H3,(H,17,18). The van der Waals surface area contributed by atoms with Gasteiger partial charge < -0.3 is 15.1 Å². The number of nitrogens with zero attached hydrogens (tertiary/aromatic N) is 4. The van der Waals surface area contributed by atoms with Gasteiger partial charge in [0.25, 0.3) is 0 Å². The van der Waals surface area contributed by atoms with Crippen molar-refractivity contribution in [3.05, 3.63) is 11.9 Å². The Hall–Kier alpha value is -1.47. The molecule has 1 heterocycles. The summed E-state index contributed by atoms with van der Waals surface area (Å²) in [4.78, 5) is 12.7. The zero-order chi connectivity index (χ0) is 13.9. The fraction of sp³-hybridized carbons (Fsp3) is 0.750. The van der Waals surface area contributed by atoms with Crippen LogP contribution in [-0.2, 0) is 6.54 Å². The molecule has 7 heteroatoms. The highest BCUT2D eigenvalue weighted by atomic mass is 16.4. The van der Waals surface area contributed by atoms with Crippen LogP contribution in [0.2, 0.25) is 0 Å². The molecule has 2 rings (SSSR count). The van der Waals surface area contributed by atoms with Crippen molar-refractivity contribution in [2.45, 2.75) is 37.8 Å². The first kappa shape index (κ1) is 14.0. The molecule has 1 aliphatic carbocycles. The van der Waals surface area contributed by atoms with E-state index in [2.05, 4.69) is 10.3 Å². The largest absolute Gasteiger partial charge is 0.476 e. The summed E-state index contributed by atoms with van der Waals surface area (Å²) in [7, 11) is 1.95. The van der Waals surface area contributed by atoms with E-state index in [1.807, 2.05) is 11.9 Å². The van der Waals surface area contributed by atoms with E-state index in [1.165, 1.54) is 10.9 Å². The van der Waals surface area contributed by atoms with Crippen LogP contribution in [0.25, 0.3) is 0 Å². The van der Waals surface area contributed by atoms with Crippen molar-refractivity contribution >= 4 is 5.97 Å². The van der Waals surface area contributed by atoms with E-state index in [0.717, 1.165) is 25.7 Å². The number of hydrogen-bond donors (Lipinski definition) is 2. The van der Waals surface area contributed by atoms with Crippen LogP contribution in [-0.4, -0.2) is 61.8 Å². The van der Waals surface area contributed by atoms with E-state index in [4.69, 9.17) is 5.11 Å². The van der Waals surface area contributed by atoms with Crippen LogP contribution < -0.4 is 0 Å². The first-order valence-corrected chi connectivity index (χ1v) is 6.53. The van der Waals surface area contributed by atoms with E-state index in [1.54, 1.807) is 0 Å². The Balaban J connectivity index is 1.79. The first-order valence-electron chi connectivity index (χ1n) is 6.53. The number of aromatic nitrogens is 3. The van der Waals surface area contributed by atoms with Crippen LogP contribution in [0.4, 0.5) is 0 Å². The molecule has 0 amide bonds. The first-order chi connectivity index (χ1) is 8.98. The van der Waals surface area contributed by atoms with E-state index < -0.39 is 11.6 Å². The second-order valence-electron chi connectivity index (χ2n) is 5.34. The van der Waals surface area contributed by atoms with Gasteiger partial charge in [-0.25, -0.2) is 4.79 Å². The van der Waals surface area contributed by atoms with Gasteiger partial charge in [-0.05, 0) is 19.9 Å². The summed E-state index contributed by atoms with van der Waals surface area (Å²) in [6.07, 6.45) is 5.33. The minimum atomic E-state index is -1.07. The van der Waals surface area contributed by atoms with Crippen molar-refractivity contribution in [2.75, 3.05) is 20.1 Å². The summed E-state index contributed by atoms with van der Waals surface area (Å²) >= 11 is 0. The van der Waals surface area contributed by atoms with Gasteiger partial charge in [-0.15, -0.1) is 5.10 Å². The number of carboxylic acids is 1. The summed E-state index contributed by atoms with van der Waals surface area (Å²) < 4.78 is 1.51. The molecule has 19 heavy (non-hydrogen) atoms. The fourth-order valence-electron chi connectivity index (χ4n) is 2.55. The summed E-state index contributed by atoms with van der Waals surface area (Å²) in [5.41, 5.74) is -0.597. The van der Waals surface area contributed by atoms with Gasteiger partial charge in [0.05, 0.1) is 18.3 Å². The molecule has 0 unspecified atom stereocenters. The lowest BCUT2D eigenvalue weighted by Crippen LogP contribution is -2.40. The van der Waals surface area contributed by atoms with Crippen LogP contribution >= 0.6 is 0 Å². The van der Waals surface area contributed by atoms with Crippen molar-refractivity contribution in [1.82, 2.24) is 19.9 Å². The SMILES string of the molecule is CN(CCn1cc(C(=O)O)nn1)CC1(O)CCCC1. The molecule has 0 spiro atoms. The lowest BCUT2D eigenvalue weighted by molar-refractivity contribution is 0.0155. The molecule has 1 aliphatic rings. The second-order valence-corrected chi connectivity index (χ2v) is 5.34. The monoisotopic (exact) mass is 268 g/mol. The molecule has 0 saturated heterocycles. The van der Waals surface area contributed by atoms with E-state index >= 15 is 0 Å². The number of aliphatic hydroxyl groups is 1. The summed E-state index contributed by atoms with van der Waals surface area (Å²) in [6, 6.07) is 0. The van der Waals surface area contributed by atoms with Crippen LogP contribution in [0.1, 0.15) is 36.2 Å². The van der Waals surface area contributed by atoms with Gasteiger partial charge in [-0.2, -0.15) is 0 Å². The van der Waals surface area contributed by atoms with Crippen molar-refractivity contribution in [3.8, 4) is 0 Å². The molecule has 0 aromatic carbocycles. The molecule has 7 nitrogen and oxygen atoms in total. The summed E-state index contributed by atoms with van der Waals surface area (Å²) in [5.74, 6) is -1.07. The summed E-state index contributed by atoms with van der Waals surface area (Å²) in [5, 5.41) is 26.3. The highest BCUT2D eigenvalue weighted by Crippen LogP contribution is 2.29. The average Bonchev–Trinajstić information content (AvgIpc) is 2.95. The fourth-order valence-corrected chi connectivity index (χ4v) is 2.55. The minimum absolute atomic E-state index is 0.0444. The minimum Gasteiger partial charge on any atom is -0.476 e. The molecular formula is C12H20N4O3. The zero-order valence-corrected chi connectivity index (χ0v) is 11.1. The van der Waals surface area contributed by atoms with Crippen molar-refractivity contribution in [1.29, 1.82) is 0 Å². The maximum Gasteiger partial charge on any atom is 0.358 e. The lowest BCUT2D eigenvalue weighted by Gasteiger charge is -2.28. The van der Waals surface area contributed by atoms with Gasteiger partial charge in [0.2, 0.25) is 0 Å². The maximum atomic E-state index is 10.7. The molecule has 106 valence electrons. The number of carbonyl (C=O) groups is 1. The highest BCUT2D eigenvalue weighted by molar-refractivity contribution is 5.84. The van der Waals surface area contributed by atoms with Crippen LogP contribution in [0, 0.1) is 0 Å². The van der Waals surface area contributed by atoms with Gasteiger partial charge in [0.1, 0.15) is 0 Å². The average molecular weight is 268 g/mol. The third-order valence-corrected chi connectivity index (χ3v) is 3.57. The van der Waals surface area contributed by atoms with Gasteiger partial charge in [0, 0.05) is 13.1 Å². The van der Waals surface area contributed by atoms with Crippen molar-refractivity contribution < 1.29 is 15.0 Å². The smallest absolute Gasteiger partial charge is 0.358 e. The lowest BCUT2D eigenvalue weighted by atomic mass is 10.0. The zero-order valence-electron chi connectivity index (χ0n) is 11.1. The molecule has 0 atom stereocenters. The molecule has 0 radical (unpaired) electrons. The Morgan fingerprint density at radius 3 is 2.79 bits per heavy atom. The number of likely N-dealkylation sites (N-methyl/N-ethyl adjacent to an activating group) is 1. The molecule has 1 aromatic heterocycles. The molecule has 1 saturated carbocycles. The van der Waals surface area contributed by atoms with Gasteiger partial charge in [0.15, 0.2) is 5.69 Å². The molecular weight excluding hydrogens is 248 g/mol. The van der Waals surface area contributed by atoms with Crippen LogP contribution in [0.15, 0.2) is 6.20 Å². The Morgan fingerprint density at radius 2 is 2.21 bits per heavy atom. The van der Waals surface area contributed by atoms with Gasteiger partial charge in [-0.3, -0.25) is 4.68 Å². The second kappa shape index (κ2) is 5.66. The Labute approximate surface area is 111 Å². The van der Waals surface area contributed by atoms with Crippen molar-refractivity contribution in [3.63, 3.8) is 0 Å². The molecule has 1 fully saturated rings. The summed E-state index contributed by atoms with van der Waals surface area (Å²) in [6.45, 7) is 1.91. The quantitative estimate of drug-likeness (QED) is 0.766. The molecule has 2 N–H and O–H groups in total. The van der Waals surface area contributed by atoms with E-state index in [9.17, 15) is 9.90 Å². The molecule has 0 aliphatic heterocycles. The third kappa shape index (κ3) is 3.74. The Morgan fingerprint density at radius 1 is 1.53 bits per heavy atom. The Kier molecular flexibility index (Phi) is 4.16. The van der Waals surface area contributed by atoms with Gasteiger partial charge >= 0.3 is 5.97 Å². The van der Waals surface area contributed by atoms with Crippen LogP contribution in [0.5, 0.6) is 0 Å². The number of carboxylic acid groups (broad SMARTS) is 1. The number of rotatable bonds is 6. The topological polar surface area (TPSA) is 91.5 Å². The predicted octanol–water partition coefficient (Wildman–Crippen LogP) is 0.213. The van der Waals surface area contributed by atoms with Crippen LogP contribution in [0.3, 0.4) is 0 Å². The van der Waals surface area contributed by atoms with Gasteiger partial charge in [-0.1, -0.05) is 18.1 Å². The van der Waals surface area contributed by atoms with Crippen molar-refractivity contribution in [2.24, 2.45) is 0 Å². The maximum absolute atomic E-state index is 10.7. The van der Waals surface area contributed by atoms with E-state index in [0.29, 0.717) is 19.6 Å². The Bertz CT molecular complexity index is 440. The predicted molar refractivity (Wildman–Crippen MR) is 67.9 cm³/mol. The normalized spacial score (nSPS) is 18.1. The highest BCUT2D eigenvalue weighted by Gasteiger charge is 2.31.